The van der Waals surface area contributed by atoms with Crippen molar-refractivity contribution in [2.75, 3.05) is 0 Å². The van der Waals surface area contributed by atoms with Gasteiger partial charge >= 0.3 is 5.97 Å². The van der Waals surface area contributed by atoms with Crippen molar-refractivity contribution in [2.24, 2.45) is 0 Å². The number of halogens is 1. The van der Waals surface area contributed by atoms with E-state index in [1.54, 1.807) is 23.7 Å². The van der Waals surface area contributed by atoms with Crippen molar-refractivity contribution >= 4 is 39.4 Å². The second kappa shape index (κ2) is 5.19. The Kier molecular flexibility index (Phi) is 3.40. The lowest BCUT2D eigenvalue weighted by molar-refractivity contribution is 0.0689. The average molecular weight is 334 g/mol. The van der Waals surface area contributed by atoms with Crippen LogP contribution in [0.3, 0.4) is 0 Å². The van der Waals surface area contributed by atoms with Gasteiger partial charge in [0.25, 0.3) is 0 Å². The van der Waals surface area contributed by atoms with Gasteiger partial charge in [0.05, 0.1) is 5.56 Å². The molecule has 1 aromatic heterocycles. The van der Waals surface area contributed by atoms with Crippen LogP contribution in [0.5, 0.6) is 0 Å². The lowest BCUT2D eigenvalue weighted by atomic mass is 10.2. The zero-order chi connectivity index (χ0) is 13.2. The van der Waals surface area contributed by atoms with E-state index < -0.39 is 0 Å². The van der Waals surface area contributed by atoms with Gasteiger partial charge in [-0.15, -0.1) is 0 Å². The van der Waals surface area contributed by atoms with E-state index >= 15 is 0 Å². The summed E-state index contributed by atoms with van der Waals surface area (Å²) in [6, 6.07) is 11.1. The summed E-state index contributed by atoms with van der Waals surface area (Å²) in [5, 5.41) is 2.47. The molecule has 2 aromatic rings. The molecule has 19 heavy (non-hydrogen) atoms. The number of thioether (sulfide) groups is 1. The highest BCUT2D eigenvalue weighted by molar-refractivity contribution is 9.10. The maximum absolute atomic E-state index is 12.0. The maximum Gasteiger partial charge on any atom is 0.346 e. The largest absolute Gasteiger partial charge is 0.422 e. The van der Waals surface area contributed by atoms with Crippen LogP contribution in [0.4, 0.5) is 0 Å². The van der Waals surface area contributed by atoms with E-state index in [0.717, 1.165) is 10.0 Å². The zero-order valence-corrected chi connectivity index (χ0v) is 12.1. The zero-order valence-electron chi connectivity index (χ0n) is 9.67. The first-order valence-electron chi connectivity index (χ1n) is 5.54. The van der Waals surface area contributed by atoms with Gasteiger partial charge in [-0.2, -0.15) is 0 Å². The number of cyclic esters (lactones) is 1. The van der Waals surface area contributed by atoms with Crippen LogP contribution in [0, 0.1) is 0 Å². The average Bonchev–Trinajstić information content (AvgIpc) is 2.60. The lowest BCUT2D eigenvalue weighted by Gasteiger charge is -2.06. The molecular weight excluding hydrogens is 326 g/mol. The van der Waals surface area contributed by atoms with Gasteiger partial charge in [0.15, 0.2) is 0 Å². The highest BCUT2D eigenvalue weighted by atomic mass is 79.9. The number of hydrogen-bond acceptors (Lipinski definition) is 4. The van der Waals surface area contributed by atoms with Gasteiger partial charge in [-0.05, 0) is 24.3 Å². The first kappa shape index (κ1) is 12.4. The van der Waals surface area contributed by atoms with Crippen LogP contribution < -0.4 is 0 Å². The topological polar surface area (TPSA) is 39.2 Å². The van der Waals surface area contributed by atoms with E-state index in [1.165, 1.54) is 11.8 Å². The van der Waals surface area contributed by atoms with Gasteiger partial charge in [-0.3, -0.25) is 0 Å². The molecule has 0 atom stereocenters. The highest BCUT2D eigenvalue weighted by Gasteiger charge is 2.20. The molecule has 0 unspecified atom stereocenters. The molecule has 94 valence electrons. The van der Waals surface area contributed by atoms with Crippen LogP contribution in [-0.2, 0) is 4.74 Å². The maximum atomic E-state index is 12.0. The highest BCUT2D eigenvalue weighted by Crippen LogP contribution is 2.32. The van der Waals surface area contributed by atoms with Crippen molar-refractivity contribution in [2.45, 2.75) is 5.03 Å². The SMILES string of the molecule is O=C1OC(c2ccc(Br)cc2)=CSc2ncccc21. The van der Waals surface area contributed by atoms with Crippen LogP contribution in [0.25, 0.3) is 5.76 Å². The van der Waals surface area contributed by atoms with Crippen molar-refractivity contribution < 1.29 is 9.53 Å². The van der Waals surface area contributed by atoms with Crippen molar-refractivity contribution in [3.05, 3.63) is 63.6 Å². The minimum absolute atomic E-state index is 0.373. The van der Waals surface area contributed by atoms with Gasteiger partial charge in [-0.25, -0.2) is 9.78 Å². The fourth-order valence-corrected chi connectivity index (χ4v) is 2.74. The van der Waals surface area contributed by atoms with E-state index in [1.807, 2.05) is 24.3 Å². The van der Waals surface area contributed by atoms with Crippen LogP contribution in [0.15, 0.2) is 57.5 Å². The molecule has 0 N–H and O–H groups in total. The molecule has 0 fully saturated rings. The van der Waals surface area contributed by atoms with E-state index in [-0.39, 0.29) is 5.97 Å². The number of carbonyl (C=O) groups is 1. The Balaban J connectivity index is 1.97. The predicted octanol–water partition coefficient (Wildman–Crippen LogP) is 4.11. The molecule has 0 radical (unpaired) electrons. The number of ether oxygens (including phenoxy) is 1. The van der Waals surface area contributed by atoms with E-state index in [0.29, 0.717) is 16.3 Å². The molecule has 0 bridgehead atoms. The molecule has 3 rings (SSSR count). The molecular formula is C14H8BrNO2S. The Hall–Kier alpha value is -1.59. The van der Waals surface area contributed by atoms with Crippen molar-refractivity contribution in [1.82, 2.24) is 4.98 Å². The molecule has 0 spiro atoms. The van der Waals surface area contributed by atoms with Crippen LogP contribution in [0.1, 0.15) is 15.9 Å². The van der Waals surface area contributed by atoms with Gasteiger partial charge < -0.3 is 4.74 Å². The fourth-order valence-electron chi connectivity index (χ4n) is 1.67. The van der Waals surface area contributed by atoms with Crippen molar-refractivity contribution in [1.29, 1.82) is 0 Å². The van der Waals surface area contributed by atoms with E-state index in [9.17, 15) is 4.79 Å². The smallest absolute Gasteiger partial charge is 0.346 e. The number of aromatic nitrogens is 1. The normalized spacial score (nSPS) is 14.2. The van der Waals surface area contributed by atoms with E-state index in [4.69, 9.17) is 4.74 Å². The third-order valence-electron chi connectivity index (χ3n) is 2.60. The second-order valence-corrected chi connectivity index (χ2v) is 5.63. The van der Waals surface area contributed by atoms with Gasteiger partial charge in [0.2, 0.25) is 0 Å². The van der Waals surface area contributed by atoms with Gasteiger partial charge in [0, 0.05) is 21.6 Å². The third kappa shape index (κ3) is 2.57. The summed E-state index contributed by atoms with van der Waals surface area (Å²) in [6.07, 6.45) is 1.66. The first-order chi connectivity index (χ1) is 9.24. The van der Waals surface area contributed by atoms with Gasteiger partial charge in [0.1, 0.15) is 10.8 Å². The van der Waals surface area contributed by atoms with Crippen LogP contribution in [0.2, 0.25) is 0 Å². The predicted molar refractivity (Wildman–Crippen MR) is 77.6 cm³/mol. The van der Waals surface area contributed by atoms with Crippen molar-refractivity contribution in [3.8, 4) is 0 Å². The second-order valence-electron chi connectivity index (χ2n) is 3.85. The number of rotatable bonds is 1. The molecule has 1 aliphatic rings. The molecule has 0 aliphatic carbocycles. The Morgan fingerprint density at radius 3 is 2.74 bits per heavy atom. The van der Waals surface area contributed by atoms with Crippen LogP contribution >= 0.6 is 27.7 Å². The number of pyridine rings is 1. The summed E-state index contributed by atoms with van der Waals surface area (Å²) in [5.41, 5.74) is 1.35. The Labute approximate surface area is 122 Å². The summed E-state index contributed by atoms with van der Waals surface area (Å²) >= 11 is 4.77. The molecule has 0 saturated carbocycles. The third-order valence-corrected chi connectivity index (χ3v) is 4.01. The quantitative estimate of drug-likeness (QED) is 0.736. The molecule has 0 saturated heterocycles. The summed E-state index contributed by atoms with van der Waals surface area (Å²) < 4.78 is 6.39. The molecule has 1 aromatic carbocycles. The number of esters is 1. The molecule has 5 heteroatoms. The standard InChI is InChI=1S/C14H8BrNO2S/c15-10-5-3-9(4-6-10)12-8-19-13-11(14(17)18-12)2-1-7-16-13/h1-8H. The molecule has 0 amide bonds. The summed E-state index contributed by atoms with van der Waals surface area (Å²) in [7, 11) is 0. The Morgan fingerprint density at radius 1 is 1.16 bits per heavy atom. The fraction of sp³-hybridized carbons (Fsp3) is 0. The number of benzene rings is 1. The summed E-state index contributed by atoms with van der Waals surface area (Å²) in [5.74, 6) is 0.169. The van der Waals surface area contributed by atoms with Crippen molar-refractivity contribution in [3.63, 3.8) is 0 Å². The molecule has 2 heterocycles. The minimum atomic E-state index is -0.373. The number of carbonyl (C=O) groups excluding carboxylic acids is 1. The van der Waals surface area contributed by atoms with E-state index in [2.05, 4.69) is 20.9 Å². The minimum Gasteiger partial charge on any atom is -0.422 e. The summed E-state index contributed by atoms with van der Waals surface area (Å²) in [4.78, 5) is 16.2. The molecule has 1 aliphatic heterocycles. The number of hydrogen-bond donors (Lipinski definition) is 0. The summed E-state index contributed by atoms with van der Waals surface area (Å²) in [6.45, 7) is 0. The number of nitrogens with zero attached hydrogens (tertiary/aromatic N) is 1. The Morgan fingerprint density at radius 2 is 1.95 bits per heavy atom. The lowest BCUT2D eigenvalue weighted by Crippen LogP contribution is -2.04. The first-order valence-corrected chi connectivity index (χ1v) is 7.21. The van der Waals surface area contributed by atoms with Gasteiger partial charge in [-0.1, -0.05) is 39.8 Å². The molecule has 3 nitrogen and oxygen atoms in total. The number of fused-ring (bicyclic) bond motifs is 1. The Bertz CT molecular complexity index is 667. The monoisotopic (exact) mass is 333 g/mol. The van der Waals surface area contributed by atoms with Crippen LogP contribution in [-0.4, -0.2) is 11.0 Å².